The fourth-order valence-electron chi connectivity index (χ4n) is 1.67. The molecule has 0 aromatic carbocycles. The molecule has 19 heavy (non-hydrogen) atoms. The first-order chi connectivity index (χ1) is 8.82. The summed E-state index contributed by atoms with van der Waals surface area (Å²) in [6, 6.07) is -1.34. The minimum atomic E-state index is -0.994. The van der Waals surface area contributed by atoms with Crippen molar-refractivity contribution in [3.05, 3.63) is 0 Å². The van der Waals surface area contributed by atoms with E-state index in [-0.39, 0.29) is 16.5 Å². The quantitative estimate of drug-likeness (QED) is 0.530. The predicted octanol–water partition coefficient (Wildman–Crippen LogP) is 0.272. The monoisotopic (exact) mass is 308 g/mol. The second kappa shape index (κ2) is 7.37. The molecule has 0 bridgehead atoms. The molecule has 110 valence electrons. The zero-order chi connectivity index (χ0) is 14.6. The van der Waals surface area contributed by atoms with Crippen molar-refractivity contribution >= 4 is 35.5 Å². The van der Waals surface area contributed by atoms with Gasteiger partial charge in [-0.3, -0.25) is 14.9 Å². The number of thioether (sulfide) groups is 2. The van der Waals surface area contributed by atoms with Gasteiger partial charge in [0.15, 0.2) is 0 Å². The van der Waals surface area contributed by atoms with Crippen molar-refractivity contribution in [3.8, 4) is 0 Å². The van der Waals surface area contributed by atoms with Gasteiger partial charge in [-0.1, -0.05) is 13.8 Å². The third-order valence-electron chi connectivity index (χ3n) is 3.18. The Morgan fingerprint density at radius 3 is 2.58 bits per heavy atom. The molecule has 0 radical (unpaired) electrons. The minimum Gasteiger partial charge on any atom is -0.480 e. The molecule has 1 rings (SSSR count). The van der Waals surface area contributed by atoms with Crippen LogP contribution in [0.5, 0.6) is 0 Å². The molecular weight excluding hydrogens is 288 g/mol. The molecule has 0 spiro atoms. The molecule has 1 aliphatic rings. The highest BCUT2D eigenvalue weighted by Gasteiger charge is 2.34. The standard InChI is InChI=1S/C11H20N2O4S2/c1-5(6(2)18-3-7(12)10(14)15)9-13-8(4-19-9)11(16)17/h5-9,13H,3-4,12H2,1-2H3,(H,14,15)(H,16,17)/t5?,6?,7-,8-,9?/m0/s1. The van der Waals surface area contributed by atoms with Gasteiger partial charge in [0.25, 0.3) is 0 Å². The highest BCUT2D eigenvalue weighted by atomic mass is 32.2. The van der Waals surface area contributed by atoms with Gasteiger partial charge in [-0.2, -0.15) is 11.8 Å². The lowest BCUT2D eigenvalue weighted by molar-refractivity contribution is -0.139. The zero-order valence-corrected chi connectivity index (χ0v) is 12.5. The smallest absolute Gasteiger partial charge is 0.321 e. The van der Waals surface area contributed by atoms with Gasteiger partial charge in [0.1, 0.15) is 12.1 Å². The molecule has 5 N–H and O–H groups in total. The first-order valence-electron chi connectivity index (χ1n) is 6.03. The van der Waals surface area contributed by atoms with Crippen molar-refractivity contribution in [1.29, 1.82) is 0 Å². The molecular formula is C11H20N2O4S2. The zero-order valence-electron chi connectivity index (χ0n) is 10.9. The average Bonchev–Trinajstić information content (AvgIpc) is 2.83. The van der Waals surface area contributed by atoms with Gasteiger partial charge in [0.05, 0.1) is 5.37 Å². The largest absolute Gasteiger partial charge is 0.480 e. The number of hydrogen-bond donors (Lipinski definition) is 4. The third-order valence-corrected chi connectivity index (χ3v) is 6.14. The lowest BCUT2D eigenvalue weighted by atomic mass is 10.1. The molecule has 1 heterocycles. The number of nitrogens with two attached hydrogens (primary N) is 1. The summed E-state index contributed by atoms with van der Waals surface area (Å²) in [5, 5.41) is 21.0. The number of rotatable bonds is 7. The van der Waals surface area contributed by atoms with Crippen LogP contribution in [0.15, 0.2) is 0 Å². The Bertz CT molecular complexity index is 343. The Hall–Kier alpha value is -0.440. The van der Waals surface area contributed by atoms with E-state index in [1.54, 1.807) is 11.8 Å². The average molecular weight is 308 g/mol. The first-order valence-corrected chi connectivity index (χ1v) is 8.13. The Morgan fingerprint density at radius 1 is 1.47 bits per heavy atom. The maximum atomic E-state index is 10.9. The van der Waals surface area contributed by atoms with Crippen molar-refractivity contribution in [2.45, 2.75) is 36.6 Å². The summed E-state index contributed by atoms with van der Waals surface area (Å²) >= 11 is 3.11. The number of carbonyl (C=O) groups is 2. The Kier molecular flexibility index (Phi) is 6.45. The maximum absolute atomic E-state index is 10.9. The van der Waals surface area contributed by atoms with Gasteiger partial charge in [-0.05, 0) is 5.92 Å². The van der Waals surface area contributed by atoms with Gasteiger partial charge in [-0.25, -0.2) is 0 Å². The van der Waals surface area contributed by atoms with Gasteiger partial charge < -0.3 is 15.9 Å². The number of carboxylic acid groups (broad SMARTS) is 2. The van der Waals surface area contributed by atoms with Crippen LogP contribution >= 0.6 is 23.5 Å². The molecule has 1 saturated heterocycles. The minimum absolute atomic E-state index is 0.0876. The number of aliphatic carboxylic acids is 2. The Morgan fingerprint density at radius 2 is 2.11 bits per heavy atom. The van der Waals surface area contributed by atoms with Crippen LogP contribution in [-0.2, 0) is 9.59 Å². The van der Waals surface area contributed by atoms with E-state index in [2.05, 4.69) is 5.32 Å². The van der Waals surface area contributed by atoms with Crippen LogP contribution in [0, 0.1) is 5.92 Å². The normalized spacial score (nSPS) is 27.7. The van der Waals surface area contributed by atoms with Crippen LogP contribution in [0.2, 0.25) is 0 Å². The van der Waals surface area contributed by atoms with E-state index < -0.39 is 24.0 Å². The molecule has 1 aliphatic heterocycles. The van der Waals surface area contributed by atoms with Crippen LogP contribution in [-0.4, -0.2) is 56.4 Å². The second-order valence-electron chi connectivity index (χ2n) is 4.65. The number of nitrogens with one attached hydrogen (secondary N) is 1. The molecule has 0 amide bonds. The summed E-state index contributed by atoms with van der Waals surface area (Å²) in [6.07, 6.45) is 0. The summed E-state index contributed by atoms with van der Waals surface area (Å²) < 4.78 is 0. The van der Waals surface area contributed by atoms with E-state index in [4.69, 9.17) is 15.9 Å². The van der Waals surface area contributed by atoms with Crippen LogP contribution in [0.25, 0.3) is 0 Å². The fraction of sp³-hybridized carbons (Fsp3) is 0.818. The molecule has 0 aliphatic carbocycles. The lowest BCUT2D eigenvalue weighted by Gasteiger charge is -2.25. The van der Waals surface area contributed by atoms with Gasteiger partial charge in [0, 0.05) is 16.8 Å². The molecule has 1 fully saturated rings. The maximum Gasteiger partial charge on any atom is 0.321 e. The van der Waals surface area contributed by atoms with E-state index in [1.165, 1.54) is 11.8 Å². The highest BCUT2D eigenvalue weighted by Crippen LogP contribution is 2.31. The topological polar surface area (TPSA) is 113 Å². The van der Waals surface area contributed by atoms with Crippen molar-refractivity contribution in [2.24, 2.45) is 11.7 Å². The highest BCUT2D eigenvalue weighted by molar-refractivity contribution is 8.01. The number of carboxylic acids is 2. The van der Waals surface area contributed by atoms with Crippen molar-refractivity contribution < 1.29 is 19.8 Å². The first kappa shape index (κ1) is 16.6. The molecule has 8 heteroatoms. The van der Waals surface area contributed by atoms with Crippen LogP contribution in [0.4, 0.5) is 0 Å². The summed E-state index contributed by atoms with van der Waals surface area (Å²) in [6.45, 7) is 4.05. The summed E-state index contributed by atoms with van der Waals surface area (Å²) in [4.78, 5) is 21.5. The number of hydrogen-bond acceptors (Lipinski definition) is 6. The van der Waals surface area contributed by atoms with Crippen molar-refractivity contribution in [1.82, 2.24) is 5.32 Å². The van der Waals surface area contributed by atoms with Crippen LogP contribution in [0.1, 0.15) is 13.8 Å². The molecule has 0 aromatic rings. The van der Waals surface area contributed by atoms with E-state index in [9.17, 15) is 9.59 Å². The van der Waals surface area contributed by atoms with Crippen LogP contribution < -0.4 is 11.1 Å². The SMILES string of the molecule is CC(SC[C@H](N)C(=O)O)C(C)C1N[C@H](C(=O)O)CS1. The lowest BCUT2D eigenvalue weighted by Crippen LogP contribution is -2.41. The summed E-state index contributed by atoms with van der Waals surface area (Å²) in [5.41, 5.74) is 5.46. The summed E-state index contributed by atoms with van der Waals surface area (Å²) in [5.74, 6) is -0.654. The van der Waals surface area contributed by atoms with Gasteiger partial charge in [0.2, 0.25) is 0 Å². The third kappa shape index (κ3) is 4.87. The molecule has 5 atom stereocenters. The van der Waals surface area contributed by atoms with Crippen LogP contribution in [0.3, 0.4) is 0 Å². The molecule has 6 nitrogen and oxygen atoms in total. The van der Waals surface area contributed by atoms with E-state index in [0.29, 0.717) is 11.5 Å². The van der Waals surface area contributed by atoms with Crippen molar-refractivity contribution in [2.75, 3.05) is 11.5 Å². The predicted molar refractivity (Wildman–Crippen MR) is 77.5 cm³/mol. The Labute approximate surface area is 120 Å². The molecule has 0 saturated carbocycles. The van der Waals surface area contributed by atoms with Gasteiger partial charge in [-0.15, -0.1) is 11.8 Å². The van der Waals surface area contributed by atoms with Gasteiger partial charge >= 0.3 is 11.9 Å². The molecule has 0 aromatic heterocycles. The fourth-order valence-corrected chi connectivity index (χ4v) is 4.32. The summed E-state index contributed by atoms with van der Waals surface area (Å²) in [7, 11) is 0. The van der Waals surface area contributed by atoms with E-state index >= 15 is 0 Å². The molecule has 3 unspecified atom stereocenters. The van der Waals surface area contributed by atoms with Crippen molar-refractivity contribution in [3.63, 3.8) is 0 Å². The second-order valence-corrected chi connectivity index (χ2v) is 7.24. The Balaban J connectivity index is 2.38. The van der Waals surface area contributed by atoms with E-state index in [1.807, 2.05) is 13.8 Å². The van der Waals surface area contributed by atoms with E-state index in [0.717, 1.165) is 0 Å².